The Kier molecular flexibility index (Phi) is 5.16. The molecule has 2 rings (SSSR count). The molecule has 0 aromatic heterocycles. The van der Waals surface area contributed by atoms with Crippen molar-refractivity contribution < 1.29 is 10.1 Å². The van der Waals surface area contributed by atoms with Crippen LogP contribution in [-0.4, -0.2) is 11.1 Å². The minimum absolute atomic E-state index is 0.0447. The highest BCUT2D eigenvalue weighted by atomic mass is 16.5. The van der Waals surface area contributed by atoms with Crippen LogP contribution in [-0.2, 0) is 0 Å². The lowest BCUT2D eigenvalue weighted by atomic mass is 10.0. The van der Waals surface area contributed by atoms with Crippen LogP contribution in [0.25, 0.3) is 11.1 Å². The highest BCUT2D eigenvalue weighted by molar-refractivity contribution is 5.69. The van der Waals surface area contributed by atoms with Crippen LogP contribution in [0.3, 0.4) is 0 Å². The molecule has 2 unspecified atom stereocenters. The summed E-state index contributed by atoms with van der Waals surface area (Å²) in [5.74, 6) is 0. The minimum Gasteiger partial charge on any atom is -0.628 e. The molecule has 0 aliphatic carbocycles. The fourth-order valence-corrected chi connectivity index (χ4v) is 2.55. The monoisotopic (exact) mass is 328 g/mol. The summed E-state index contributed by atoms with van der Waals surface area (Å²) >= 11 is 0. The van der Waals surface area contributed by atoms with Gasteiger partial charge in [-0.05, 0) is 52.7 Å². The van der Waals surface area contributed by atoms with Crippen LogP contribution in [0.2, 0.25) is 0 Å². The first kappa shape index (κ1) is 18.6. The number of rotatable bonds is 3. The molecule has 24 heavy (non-hydrogen) atoms. The summed E-state index contributed by atoms with van der Waals surface area (Å²) in [6, 6.07) is 15.4. The molecule has 0 aliphatic heterocycles. The zero-order valence-corrected chi connectivity index (χ0v) is 15.4. The molecule has 0 heterocycles. The predicted octanol–water partition coefficient (Wildman–Crippen LogP) is 2.98. The number of hydroxylamine groups is 2. The van der Waals surface area contributed by atoms with E-state index in [2.05, 4.69) is 0 Å². The Balaban J connectivity index is 2.60. The van der Waals surface area contributed by atoms with Gasteiger partial charge in [-0.1, -0.05) is 30.3 Å². The van der Waals surface area contributed by atoms with Gasteiger partial charge in [-0.25, -0.2) is 0 Å². The Morgan fingerprint density at radius 2 is 1.04 bits per heavy atom. The summed E-state index contributed by atoms with van der Waals surface area (Å²) in [5.41, 5.74) is 2.12. The van der Waals surface area contributed by atoms with Crippen LogP contribution in [0.1, 0.15) is 41.5 Å². The van der Waals surface area contributed by atoms with Crippen molar-refractivity contribution >= 4 is 11.4 Å². The first-order valence-corrected chi connectivity index (χ1v) is 8.30. The largest absolute Gasteiger partial charge is 0.628 e. The third kappa shape index (κ3) is 4.22. The SMILES string of the molecule is CC(C)(C)[NH+]([O-])c1cc(-c2ccccc2)cc([NH+]([O-])C(C)(C)C)c1. The van der Waals surface area contributed by atoms with Crippen LogP contribution < -0.4 is 10.1 Å². The quantitative estimate of drug-likeness (QED) is 0.851. The van der Waals surface area contributed by atoms with Crippen LogP contribution in [0, 0.1) is 10.4 Å². The smallest absolute Gasteiger partial charge is 0.138 e. The summed E-state index contributed by atoms with van der Waals surface area (Å²) in [4.78, 5) is 0. The lowest BCUT2D eigenvalue weighted by Gasteiger charge is -2.38. The number of nitrogens with one attached hydrogen (secondary N) is 2. The van der Waals surface area contributed by atoms with E-state index in [0.29, 0.717) is 11.4 Å². The molecular formula is C20H28N2O2. The van der Waals surface area contributed by atoms with Crippen molar-refractivity contribution in [3.8, 4) is 11.1 Å². The fraction of sp³-hybridized carbons (Fsp3) is 0.400. The van der Waals surface area contributed by atoms with E-state index in [1.807, 2.05) is 84.0 Å². The van der Waals surface area contributed by atoms with E-state index >= 15 is 0 Å². The third-order valence-corrected chi connectivity index (χ3v) is 3.93. The van der Waals surface area contributed by atoms with Crippen LogP contribution >= 0.6 is 0 Å². The second-order valence-corrected chi connectivity index (χ2v) is 8.32. The van der Waals surface area contributed by atoms with E-state index in [0.717, 1.165) is 11.1 Å². The molecule has 0 radical (unpaired) electrons. The molecular weight excluding hydrogens is 300 g/mol. The van der Waals surface area contributed by atoms with Gasteiger partial charge in [0.15, 0.2) is 0 Å². The lowest BCUT2D eigenvalue weighted by molar-refractivity contribution is -0.837. The maximum atomic E-state index is 12.8. The van der Waals surface area contributed by atoms with E-state index in [4.69, 9.17) is 0 Å². The van der Waals surface area contributed by atoms with Gasteiger partial charge in [0.2, 0.25) is 0 Å². The number of hydrogen-bond donors (Lipinski definition) is 2. The van der Waals surface area contributed by atoms with Gasteiger partial charge < -0.3 is 20.5 Å². The van der Waals surface area contributed by atoms with E-state index < -0.39 is 11.1 Å². The topological polar surface area (TPSA) is 55.0 Å². The molecule has 0 saturated carbocycles. The average molecular weight is 328 g/mol. The first-order valence-electron chi connectivity index (χ1n) is 8.30. The molecule has 2 N–H and O–H groups in total. The zero-order chi connectivity index (χ0) is 18.1. The highest BCUT2D eigenvalue weighted by Gasteiger charge is 2.25. The molecule has 0 saturated heterocycles. The van der Waals surface area contributed by atoms with E-state index in [9.17, 15) is 10.4 Å². The molecule has 4 heteroatoms. The van der Waals surface area contributed by atoms with Gasteiger partial charge in [0.25, 0.3) is 0 Å². The van der Waals surface area contributed by atoms with Crippen molar-refractivity contribution in [3.63, 3.8) is 0 Å². The Hall–Kier alpha value is -1.72. The van der Waals surface area contributed by atoms with E-state index in [1.165, 1.54) is 0 Å². The maximum absolute atomic E-state index is 12.8. The number of benzene rings is 2. The molecule has 2 atom stereocenters. The fourth-order valence-electron chi connectivity index (χ4n) is 2.55. The van der Waals surface area contributed by atoms with Gasteiger partial charge in [-0.3, -0.25) is 0 Å². The highest BCUT2D eigenvalue weighted by Crippen LogP contribution is 2.25. The summed E-state index contributed by atoms with van der Waals surface area (Å²) in [7, 11) is 0. The van der Waals surface area contributed by atoms with Gasteiger partial charge in [0.1, 0.15) is 11.4 Å². The zero-order valence-electron chi connectivity index (χ0n) is 15.4. The van der Waals surface area contributed by atoms with Crippen molar-refractivity contribution in [2.45, 2.75) is 52.6 Å². The molecule has 0 fully saturated rings. The molecule has 2 aromatic rings. The summed E-state index contributed by atoms with van der Waals surface area (Å²) in [5, 5.41) is 25.6. The summed E-state index contributed by atoms with van der Waals surface area (Å²) in [6.45, 7) is 11.4. The van der Waals surface area contributed by atoms with Crippen molar-refractivity contribution in [2.24, 2.45) is 0 Å². The molecule has 4 nitrogen and oxygen atoms in total. The van der Waals surface area contributed by atoms with E-state index in [1.54, 1.807) is 6.07 Å². The molecule has 0 aliphatic rings. The van der Waals surface area contributed by atoms with Gasteiger partial charge >= 0.3 is 0 Å². The summed E-state index contributed by atoms with van der Waals surface area (Å²) < 4.78 is 0. The lowest BCUT2D eigenvalue weighted by Crippen LogP contribution is -3.11. The second-order valence-electron chi connectivity index (χ2n) is 8.32. The van der Waals surface area contributed by atoms with Crippen molar-refractivity contribution in [3.05, 3.63) is 58.9 Å². The molecule has 2 aromatic carbocycles. The Morgan fingerprint density at radius 1 is 0.625 bits per heavy atom. The normalized spacial score (nSPS) is 15.2. The number of hydrogen-bond acceptors (Lipinski definition) is 2. The average Bonchev–Trinajstić information content (AvgIpc) is 2.52. The Labute approximate surface area is 144 Å². The van der Waals surface area contributed by atoms with E-state index in [-0.39, 0.29) is 10.1 Å². The molecule has 0 amide bonds. The van der Waals surface area contributed by atoms with Crippen molar-refractivity contribution in [1.82, 2.24) is 0 Å². The summed E-state index contributed by atoms with van der Waals surface area (Å²) in [6.07, 6.45) is 0. The standard InChI is InChI=1S/C20H28N2O2/c1-19(2,3)21(23)17-12-16(15-10-8-7-9-11-15)13-18(14-17)22(24)20(4,5)6/h7-14,21-22H,1-6H3. The first-order chi connectivity index (χ1) is 11.0. The number of quaternary nitrogens is 2. The van der Waals surface area contributed by atoms with Crippen molar-refractivity contribution in [1.29, 1.82) is 0 Å². The van der Waals surface area contributed by atoms with Gasteiger partial charge in [0, 0.05) is 12.1 Å². The van der Waals surface area contributed by atoms with Gasteiger partial charge in [0.05, 0.1) is 17.1 Å². The van der Waals surface area contributed by atoms with Crippen LogP contribution in [0.4, 0.5) is 11.4 Å². The maximum Gasteiger partial charge on any atom is 0.138 e. The minimum atomic E-state index is -0.489. The Morgan fingerprint density at radius 3 is 1.42 bits per heavy atom. The van der Waals surface area contributed by atoms with Gasteiger partial charge in [-0.2, -0.15) is 0 Å². The Bertz CT molecular complexity index is 647. The van der Waals surface area contributed by atoms with Crippen molar-refractivity contribution in [2.75, 3.05) is 0 Å². The van der Waals surface area contributed by atoms with Crippen LogP contribution in [0.5, 0.6) is 0 Å². The van der Waals surface area contributed by atoms with Gasteiger partial charge in [-0.15, -0.1) is 0 Å². The molecule has 0 bridgehead atoms. The third-order valence-electron chi connectivity index (χ3n) is 3.93. The van der Waals surface area contributed by atoms with Crippen LogP contribution in [0.15, 0.2) is 48.5 Å². The molecule has 0 spiro atoms. The molecule has 130 valence electrons. The second kappa shape index (κ2) is 6.65. The predicted molar refractivity (Wildman–Crippen MR) is 99.4 cm³/mol.